The highest BCUT2D eigenvalue weighted by molar-refractivity contribution is 7.13. The Morgan fingerprint density at radius 3 is 2.66 bits per heavy atom. The molecule has 1 saturated carbocycles. The minimum atomic E-state index is -1.06. The fraction of sp³-hybridized carbons (Fsp3) is 0.394. The van der Waals surface area contributed by atoms with Crippen molar-refractivity contribution in [3.05, 3.63) is 81.4 Å². The van der Waals surface area contributed by atoms with Gasteiger partial charge in [0.25, 0.3) is 5.91 Å². The molecule has 5 heterocycles. The Hall–Kier alpha value is -3.42. The first kappa shape index (κ1) is 30.9. The lowest BCUT2D eigenvalue weighted by Gasteiger charge is -2.45. The van der Waals surface area contributed by atoms with E-state index in [1.807, 2.05) is 24.3 Å². The number of hydrogen-bond acceptors (Lipinski definition) is 7. The number of halogens is 4. The van der Waals surface area contributed by atoms with Gasteiger partial charge in [-0.15, -0.1) is 11.3 Å². The average molecular weight is 699 g/mol. The second-order valence-corrected chi connectivity index (χ2v) is 14.3. The largest absolute Gasteiger partial charge is 0.393 e. The van der Waals surface area contributed by atoms with E-state index in [1.54, 1.807) is 34.7 Å². The summed E-state index contributed by atoms with van der Waals surface area (Å²) in [6.45, 7) is 1.37. The first-order chi connectivity index (χ1) is 22.7. The molecular formula is C33H31Cl2F2N7O2S. The van der Waals surface area contributed by atoms with Gasteiger partial charge in [-0.1, -0.05) is 47.5 Å². The molecule has 4 atom stereocenters. The Balaban J connectivity index is 1.09. The van der Waals surface area contributed by atoms with Crippen LogP contribution < -0.4 is 5.32 Å². The van der Waals surface area contributed by atoms with E-state index in [2.05, 4.69) is 20.2 Å². The minimum Gasteiger partial charge on any atom is -0.393 e. The van der Waals surface area contributed by atoms with Crippen molar-refractivity contribution in [2.75, 3.05) is 18.4 Å². The number of nitrogens with zero attached hydrogens (tertiary/aromatic N) is 6. The topological polar surface area (TPSA) is 101 Å². The summed E-state index contributed by atoms with van der Waals surface area (Å²) < 4.78 is 32.9. The first-order valence-electron chi connectivity index (χ1n) is 15.6. The van der Waals surface area contributed by atoms with Gasteiger partial charge >= 0.3 is 0 Å². The molecule has 3 aromatic heterocycles. The molecule has 0 bridgehead atoms. The molecule has 2 N–H and O–H groups in total. The summed E-state index contributed by atoms with van der Waals surface area (Å²) >= 11 is 15.1. The van der Waals surface area contributed by atoms with Crippen molar-refractivity contribution in [2.45, 2.75) is 68.7 Å². The van der Waals surface area contributed by atoms with Crippen LogP contribution in [0.4, 0.5) is 13.9 Å². The molecule has 1 aliphatic carbocycles. The number of hydrogen-bond donors (Lipinski definition) is 2. The molecule has 5 aromatic rings. The zero-order chi connectivity index (χ0) is 32.4. The number of amides is 1. The summed E-state index contributed by atoms with van der Waals surface area (Å²) in [5, 5.41) is 20.7. The van der Waals surface area contributed by atoms with E-state index in [4.69, 9.17) is 28.3 Å². The molecule has 0 spiro atoms. The fourth-order valence-electron chi connectivity index (χ4n) is 7.22. The predicted octanol–water partition coefficient (Wildman–Crippen LogP) is 6.44. The Morgan fingerprint density at radius 2 is 1.94 bits per heavy atom. The number of likely N-dealkylation sites (tertiary alicyclic amines) is 1. The van der Waals surface area contributed by atoms with Crippen molar-refractivity contribution in [3.63, 3.8) is 0 Å². The lowest BCUT2D eigenvalue weighted by molar-refractivity contribution is -0.118. The van der Waals surface area contributed by atoms with Gasteiger partial charge in [-0.2, -0.15) is 5.10 Å². The monoisotopic (exact) mass is 697 g/mol. The molecule has 8 rings (SSSR count). The number of thiazole rings is 1. The summed E-state index contributed by atoms with van der Waals surface area (Å²) in [4.78, 5) is 24.6. The van der Waals surface area contributed by atoms with Crippen molar-refractivity contribution < 1.29 is 18.7 Å². The van der Waals surface area contributed by atoms with Gasteiger partial charge in [-0.05, 0) is 43.0 Å². The van der Waals surface area contributed by atoms with Gasteiger partial charge in [0.05, 0.1) is 34.7 Å². The minimum absolute atomic E-state index is 0.145. The Bertz CT molecular complexity index is 1940. The van der Waals surface area contributed by atoms with E-state index in [0.29, 0.717) is 56.0 Å². The first-order valence-corrected chi connectivity index (χ1v) is 17.3. The van der Waals surface area contributed by atoms with Crippen LogP contribution in [-0.2, 0) is 17.8 Å². The van der Waals surface area contributed by atoms with Crippen LogP contribution in [0.1, 0.15) is 48.2 Å². The number of aromatic nitrogens is 5. The van der Waals surface area contributed by atoms with Gasteiger partial charge in [0.2, 0.25) is 0 Å². The Kier molecular flexibility index (Phi) is 8.04. The predicted molar refractivity (Wildman–Crippen MR) is 178 cm³/mol. The molecule has 1 saturated heterocycles. The number of aliphatic hydroxyl groups excluding tert-OH is 1. The molecule has 1 amide bonds. The lowest BCUT2D eigenvalue weighted by atomic mass is 9.82. The number of rotatable bonds is 7. The number of piperidine rings is 1. The lowest BCUT2D eigenvalue weighted by Crippen LogP contribution is -2.52. The van der Waals surface area contributed by atoms with Crippen molar-refractivity contribution >= 4 is 56.5 Å². The third-order valence-corrected chi connectivity index (χ3v) is 11.1. The van der Waals surface area contributed by atoms with E-state index in [1.165, 1.54) is 16.0 Å². The second-order valence-electron chi connectivity index (χ2n) is 12.7. The fourth-order valence-corrected chi connectivity index (χ4v) is 8.30. The third kappa shape index (κ3) is 5.63. The highest BCUT2D eigenvalue weighted by Gasteiger charge is 2.39. The third-order valence-electron chi connectivity index (χ3n) is 9.75. The summed E-state index contributed by atoms with van der Waals surface area (Å²) in [7, 11) is 0. The van der Waals surface area contributed by atoms with Crippen LogP contribution in [-0.4, -0.2) is 77.8 Å². The highest BCUT2D eigenvalue weighted by Crippen LogP contribution is 2.41. The average Bonchev–Trinajstić information content (AvgIpc) is 3.84. The van der Waals surface area contributed by atoms with E-state index < -0.39 is 24.3 Å². The molecule has 1 unspecified atom stereocenters. The zero-order valence-corrected chi connectivity index (χ0v) is 27.4. The van der Waals surface area contributed by atoms with E-state index in [0.717, 1.165) is 30.5 Å². The number of anilines is 1. The SMILES string of the molecule is O=C(Nc1nccs1)C(c1ncn2c1C[C@@H](F)C2)n1cc2c(Cl)cc(-c3ccc([C@@H]4CCN(C5CC(O)C5)C[C@H]4F)cc3)c(Cl)c2n1. The summed E-state index contributed by atoms with van der Waals surface area (Å²) in [5.41, 5.74) is 3.83. The normalized spacial score (nSPS) is 25.1. The van der Waals surface area contributed by atoms with E-state index >= 15 is 4.39 Å². The van der Waals surface area contributed by atoms with E-state index in [9.17, 15) is 14.3 Å². The summed E-state index contributed by atoms with van der Waals surface area (Å²) in [6.07, 6.45) is 4.81. The molecule has 3 aliphatic rings. The standard InChI is InChI=1S/C33H31Cl2F2N7O2S/c34-25-12-23(18-3-1-17(2-4-18)22-5-7-42(15-26(22)37)20-10-21(45)11-20)28(35)29-24(25)14-44(41-29)31(32(46)40-33-38-6-8-47-33)30-27-9-19(36)13-43(27)16-39-30/h1-4,6,8,12,14,16,19-22,26,31,45H,5,7,9-11,13,15H2,(H,38,40,46)/t19-,20?,21?,22+,26-,31?/m1/s1. The number of carbonyl (C=O) groups is 1. The van der Waals surface area contributed by atoms with Gasteiger partial charge < -0.3 is 9.67 Å². The van der Waals surface area contributed by atoms with Crippen LogP contribution in [0.25, 0.3) is 22.0 Å². The van der Waals surface area contributed by atoms with Gasteiger partial charge in [0.1, 0.15) is 17.9 Å². The number of alkyl halides is 2. The molecule has 244 valence electrons. The number of imidazole rings is 1. The van der Waals surface area contributed by atoms with Crippen LogP contribution in [0.3, 0.4) is 0 Å². The van der Waals surface area contributed by atoms with Gasteiger partial charge in [-0.25, -0.2) is 18.7 Å². The quantitative estimate of drug-likeness (QED) is 0.203. The van der Waals surface area contributed by atoms with Crippen LogP contribution >= 0.6 is 34.5 Å². The summed E-state index contributed by atoms with van der Waals surface area (Å²) in [5.74, 6) is -0.631. The number of fused-ring (bicyclic) bond motifs is 2. The Morgan fingerprint density at radius 1 is 1.13 bits per heavy atom. The highest BCUT2D eigenvalue weighted by atomic mass is 35.5. The molecule has 9 nitrogen and oxygen atoms in total. The Labute approximate surface area is 283 Å². The van der Waals surface area contributed by atoms with Crippen LogP contribution in [0.5, 0.6) is 0 Å². The number of carbonyl (C=O) groups excluding carboxylic acids is 1. The van der Waals surface area contributed by atoms with Crippen molar-refractivity contribution in [2.24, 2.45) is 0 Å². The van der Waals surface area contributed by atoms with Crippen LogP contribution in [0, 0.1) is 0 Å². The van der Waals surface area contributed by atoms with Crippen molar-refractivity contribution in [1.82, 2.24) is 29.2 Å². The number of nitrogens with one attached hydrogen (secondary N) is 1. The number of aliphatic hydroxyl groups is 1. The molecule has 47 heavy (non-hydrogen) atoms. The second kappa shape index (κ2) is 12.2. The van der Waals surface area contributed by atoms with Crippen LogP contribution in [0.2, 0.25) is 10.0 Å². The maximum atomic E-state index is 15.3. The van der Waals surface area contributed by atoms with Gasteiger partial charge in [0.15, 0.2) is 11.2 Å². The molecule has 2 aromatic carbocycles. The van der Waals surface area contributed by atoms with Crippen molar-refractivity contribution in [3.8, 4) is 11.1 Å². The molecule has 2 fully saturated rings. The smallest absolute Gasteiger partial charge is 0.257 e. The van der Waals surface area contributed by atoms with Gasteiger partial charge in [-0.3, -0.25) is 19.7 Å². The molecular weight excluding hydrogens is 667 g/mol. The summed E-state index contributed by atoms with van der Waals surface area (Å²) in [6, 6.07) is 8.74. The van der Waals surface area contributed by atoms with Crippen LogP contribution in [0.15, 0.2) is 54.4 Å². The zero-order valence-electron chi connectivity index (χ0n) is 25.1. The number of benzene rings is 2. The van der Waals surface area contributed by atoms with E-state index in [-0.39, 0.29) is 31.0 Å². The molecule has 2 aliphatic heterocycles. The maximum Gasteiger partial charge on any atom is 0.257 e. The molecule has 14 heteroatoms. The molecule has 0 radical (unpaired) electrons. The van der Waals surface area contributed by atoms with Crippen molar-refractivity contribution in [1.29, 1.82) is 0 Å². The maximum absolute atomic E-state index is 15.3. The van der Waals surface area contributed by atoms with Gasteiger partial charge in [0, 0.05) is 59.3 Å².